The smallest absolute Gasteiger partial charge is 0.155 e. The van der Waals surface area contributed by atoms with E-state index in [1.807, 2.05) is 6.92 Å². The van der Waals surface area contributed by atoms with E-state index in [9.17, 15) is 8.42 Å². The van der Waals surface area contributed by atoms with Crippen molar-refractivity contribution in [3.8, 4) is 0 Å². The molecule has 1 rings (SSSR count). The zero-order valence-electron chi connectivity index (χ0n) is 7.45. The summed E-state index contributed by atoms with van der Waals surface area (Å²) in [4.78, 5) is 0. The van der Waals surface area contributed by atoms with Crippen molar-refractivity contribution in [3.63, 3.8) is 0 Å². The van der Waals surface area contributed by atoms with Crippen LogP contribution in [0.3, 0.4) is 0 Å². The zero-order chi connectivity index (χ0) is 9.03. The van der Waals surface area contributed by atoms with Crippen molar-refractivity contribution in [1.82, 2.24) is 0 Å². The van der Waals surface area contributed by atoms with E-state index >= 15 is 0 Å². The monoisotopic (exact) mass is 192 g/mol. The number of sulfone groups is 1. The number of hydrogen-bond donors (Lipinski definition) is 0. The summed E-state index contributed by atoms with van der Waals surface area (Å²) in [6.07, 6.45) is 2.63. The second kappa shape index (κ2) is 4.23. The molecule has 3 nitrogen and oxygen atoms in total. The third kappa shape index (κ3) is 2.45. The molecule has 12 heavy (non-hydrogen) atoms. The molecule has 4 heteroatoms. The highest BCUT2D eigenvalue weighted by atomic mass is 32.2. The molecule has 0 N–H and O–H groups in total. The van der Waals surface area contributed by atoms with Gasteiger partial charge >= 0.3 is 0 Å². The third-order valence-electron chi connectivity index (χ3n) is 2.22. The largest absolute Gasteiger partial charge is 0.380 e. The van der Waals surface area contributed by atoms with Gasteiger partial charge in [-0.1, -0.05) is 6.42 Å². The zero-order valence-corrected chi connectivity index (χ0v) is 8.27. The normalized spacial score (nSPS) is 28.6. The average Bonchev–Trinajstić information content (AvgIpc) is 2.02. The maximum absolute atomic E-state index is 11.4. The highest BCUT2D eigenvalue weighted by Crippen LogP contribution is 2.19. The van der Waals surface area contributed by atoms with Crippen LogP contribution in [0.1, 0.15) is 26.2 Å². The maximum atomic E-state index is 11.4. The van der Waals surface area contributed by atoms with Crippen molar-refractivity contribution >= 4 is 9.84 Å². The van der Waals surface area contributed by atoms with Crippen molar-refractivity contribution in [3.05, 3.63) is 0 Å². The predicted octanol–water partition coefficient (Wildman–Crippen LogP) is 0.990. The van der Waals surface area contributed by atoms with Gasteiger partial charge < -0.3 is 4.74 Å². The predicted molar refractivity (Wildman–Crippen MR) is 47.9 cm³/mol. The Labute approximate surface area is 74.0 Å². The standard InChI is InChI=1S/C8H16O3S/c1-2-11-7-8-5-3-4-6-12(8,9)10/h8H,2-7H2,1H3. The molecule has 1 fully saturated rings. The summed E-state index contributed by atoms with van der Waals surface area (Å²) >= 11 is 0. The van der Waals surface area contributed by atoms with E-state index in [0.29, 0.717) is 19.0 Å². The van der Waals surface area contributed by atoms with E-state index in [1.54, 1.807) is 0 Å². The molecule has 0 aliphatic carbocycles. The summed E-state index contributed by atoms with van der Waals surface area (Å²) < 4.78 is 27.9. The highest BCUT2D eigenvalue weighted by molar-refractivity contribution is 7.92. The van der Waals surface area contributed by atoms with Gasteiger partial charge in [0.15, 0.2) is 9.84 Å². The topological polar surface area (TPSA) is 43.4 Å². The minimum Gasteiger partial charge on any atom is -0.380 e. The lowest BCUT2D eigenvalue weighted by Gasteiger charge is -2.21. The maximum Gasteiger partial charge on any atom is 0.155 e. The van der Waals surface area contributed by atoms with Crippen LogP contribution in [-0.4, -0.2) is 32.6 Å². The minimum atomic E-state index is -2.82. The summed E-state index contributed by atoms with van der Waals surface area (Å²) in [6.45, 7) is 2.88. The molecule has 72 valence electrons. The van der Waals surface area contributed by atoms with Crippen LogP contribution in [0, 0.1) is 0 Å². The SMILES string of the molecule is CCOCC1CCCCS1(=O)=O. The fourth-order valence-corrected chi connectivity index (χ4v) is 3.23. The molecule has 0 saturated carbocycles. The molecule has 0 spiro atoms. The number of rotatable bonds is 3. The van der Waals surface area contributed by atoms with Crippen LogP contribution in [0.25, 0.3) is 0 Å². The van der Waals surface area contributed by atoms with Crippen molar-refractivity contribution < 1.29 is 13.2 Å². The molecule has 1 unspecified atom stereocenters. The molecule has 0 radical (unpaired) electrons. The van der Waals surface area contributed by atoms with Crippen LogP contribution in [0.5, 0.6) is 0 Å². The van der Waals surface area contributed by atoms with E-state index in [1.165, 1.54) is 0 Å². The summed E-state index contributed by atoms with van der Waals surface area (Å²) in [5.41, 5.74) is 0. The van der Waals surface area contributed by atoms with Gasteiger partial charge in [0.2, 0.25) is 0 Å². The summed E-state index contributed by atoms with van der Waals surface area (Å²) in [5.74, 6) is 0.352. The van der Waals surface area contributed by atoms with Gasteiger partial charge in [0, 0.05) is 6.61 Å². The van der Waals surface area contributed by atoms with Gasteiger partial charge in [-0.15, -0.1) is 0 Å². The Morgan fingerprint density at radius 1 is 1.42 bits per heavy atom. The molecule has 1 aliphatic rings. The van der Waals surface area contributed by atoms with E-state index in [2.05, 4.69) is 0 Å². The van der Waals surface area contributed by atoms with E-state index in [0.717, 1.165) is 19.3 Å². The molecule has 0 aromatic carbocycles. The van der Waals surface area contributed by atoms with Crippen LogP contribution in [-0.2, 0) is 14.6 Å². The van der Waals surface area contributed by atoms with Gasteiger partial charge in [0.25, 0.3) is 0 Å². The summed E-state index contributed by atoms with van der Waals surface area (Å²) in [7, 11) is -2.82. The Morgan fingerprint density at radius 2 is 2.17 bits per heavy atom. The molecular weight excluding hydrogens is 176 g/mol. The fraction of sp³-hybridized carbons (Fsp3) is 1.00. The van der Waals surface area contributed by atoms with Crippen molar-refractivity contribution in [1.29, 1.82) is 0 Å². The fourth-order valence-electron chi connectivity index (χ4n) is 1.46. The van der Waals surface area contributed by atoms with E-state index < -0.39 is 9.84 Å². The molecule has 1 heterocycles. The lowest BCUT2D eigenvalue weighted by molar-refractivity contribution is 0.143. The third-order valence-corrected chi connectivity index (χ3v) is 4.47. The van der Waals surface area contributed by atoms with Gasteiger partial charge in [-0.2, -0.15) is 0 Å². The van der Waals surface area contributed by atoms with Crippen LogP contribution in [0.15, 0.2) is 0 Å². The second-order valence-corrected chi connectivity index (χ2v) is 5.54. The average molecular weight is 192 g/mol. The van der Waals surface area contributed by atoms with Gasteiger partial charge in [0.1, 0.15) is 0 Å². The highest BCUT2D eigenvalue weighted by Gasteiger charge is 2.28. The van der Waals surface area contributed by atoms with Crippen LogP contribution in [0.4, 0.5) is 0 Å². The van der Waals surface area contributed by atoms with Crippen LogP contribution < -0.4 is 0 Å². The van der Waals surface area contributed by atoms with E-state index in [-0.39, 0.29) is 5.25 Å². The Morgan fingerprint density at radius 3 is 2.75 bits per heavy atom. The van der Waals surface area contributed by atoms with Crippen molar-refractivity contribution in [2.24, 2.45) is 0 Å². The Kier molecular flexibility index (Phi) is 3.53. The van der Waals surface area contributed by atoms with Crippen LogP contribution in [0.2, 0.25) is 0 Å². The molecule has 1 saturated heterocycles. The molecule has 0 bridgehead atoms. The lowest BCUT2D eigenvalue weighted by atomic mass is 10.2. The Hall–Kier alpha value is -0.0900. The molecule has 0 aromatic rings. The van der Waals surface area contributed by atoms with Crippen LogP contribution >= 0.6 is 0 Å². The molecule has 1 aliphatic heterocycles. The molecule has 0 amide bonds. The first kappa shape index (κ1) is 9.99. The van der Waals surface area contributed by atoms with Crippen molar-refractivity contribution in [2.75, 3.05) is 19.0 Å². The van der Waals surface area contributed by atoms with Gasteiger partial charge in [-0.3, -0.25) is 0 Å². The number of ether oxygens (including phenoxy) is 1. The van der Waals surface area contributed by atoms with Crippen molar-refractivity contribution in [2.45, 2.75) is 31.4 Å². The summed E-state index contributed by atoms with van der Waals surface area (Å²) in [6, 6.07) is 0. The Balaban J connectivity index is 2.49. The lowest BCUT2D eigenvalue weighted by Crippen LogP contribution is -2.32. The molecule has 1 atom stereocenters. The van der Waals surface area contributed by atoms with E-state index in [4.69, 9.17) is 4.74 Å². The minimum absolute atomic E-state index is 0.230. The van der Waals surface area contributed by atoms with Gasteiger partial charge in [-0.05, 0) is 19.8 Å². The second-order valence-electron chi connectivity index (χ2n) is 3.14. The quantitative estimate of drug-likeness (QED) is 0.669. The molecule has 0 aromatic heterocycles. The van der Waals surface area contributed by atoms with Gasteiger partial charge in [-0.25, -0.2) is 8.42 Å². The van der Waals surface area contributed by atoms with Gasteiger partial charge in [0.05, 0.1) is 17.6 Å². The first-order chi connectivity index (χ1) is 5.67. The molecular formula is C8H16O3S. The Bertz CT molecular complexity index is 220. The number of hydrogen-bond acceptors (Lipinski definition) is 3. The summed E-state index contributed by atoms with van der Waals surface area (Å²) in [5, 5.41) is -0.230. The first-order valence-corrected chi connectivity index (χ1v) is 6.17. The first-order valence-electron chi connectivity index (χ1n) is 4.46.